The second-order valence-corrected chi connectivity index (χ2v) is 5.76. The van der Waals surface area contributed by atoms with Crippen LogP contribution < -0.4 is 5.32 Å². The molecular weight excluding hydrogens is 303 g/mol. The molecule has 1 N–H and O–H groups in total. The Bertz CT molecular complexity index is 793. The average molecular weight is 315 g/mol. The minimum atomic E-state index is -0.500. The zero-order valence-electron chi connectivity index (χ0n) is 11.6. The van der Waals surface area contributed by atoms with Gasteiger partial charge in [0.05, 0.1) is 16.1 Å². The number of rotatable bonds is 3. The summed E-state index contributed by atoms with van der Waals surface area (Å²) in [6.07, 6.45) is 1.54. The van der Waals surface area contributed by atoms with Crippen molar-refractivity contribution < 1.29 is 9.18 Å². The van der Waals surface area contributed by atoms with Crippen LogP contribution in [0.5, 0.6) is 0 Å². The van der Waals surface area contributed by atoms with Crippen LogP contribution in [-0.2, 0) is 5.54 Å². The summed E-state index contributed by atoms with van der Waals surface area (Å²) in [5, 5.41) is 12.0. The molecule has 0 spiro atoms. The van der Waals surface area contributed by atoms with Gasteiger partial charge in [-0.05, 0) is 48.7 Å². The summed E-state index contributed by atoms with van der Waals surface area (Å²) >= 11 is 5.95. The first kappa shape index (κ1) is 14.6. The fourth-order valence-corrected chi connectivity index (χ4v) is 2.66. The van der Waals surface area contributed by atoms with Crippen molar-refractivity contribution in [2.24, 2.45) is 0 Å². The van der Waals surface area contributed by atoms with Crippen molar-refractivity contribution in [3.05, 3.63) is 70.0 Å². The van der Waals surface area contributed by atoms with Gasteiger partial charge in [0.25, 0.3) is 5.91 Å². The Kier molecular flexibility index (Phi) is 3.59. The predicted molar refractivity (Wildman–Crippen MR) is 80.9 cm³/mol. The van der Waals surface area contributed by atoms with Gasteiger partial charge in [-0.25, -0.2) is 4.39 Å². The second-order valence-electron chi connectivity index (χ2n) is 5.35. The molecule has 0 radical (unpaired) electrons. The summed E-state index contributed by atoms with van der Waals surface area (Å²) in [6, 6.07) is 12.8. The number of benzene rings is 2. The lowest BCUT2D eigenvalue weighted by Gasteiger charge is -2.18. The van der Waals surface area contributed by atoms with Gasteiger partial charge in [-0.15, -0.1) is 0 Å². The van der Waals surface area contributed by atoms with Gasteiger partial charge in [0.1, 0.15) is 11.9 Å². The molecule has 0 saturated heterocycles. The Labute approximate surface area is 132 Å². The van der Waals surface area contributed by atoms with Crippen LogP contribution in [0.1, 0.15) is 34.3 Å². The Balaban J connectivity index is 1.83. The SMILES string of the molecule is N#Cc1ccc(C(=O)NC2(c3cccc(F)c3)CC2)cc1Cl. The molecular formula is C17H12ClFN2O. The quantitative estimate of drug-likeness (QED) is 0.937. The molecule has 1 fully saturated rings. The van der Waals surface area contributed by atoms with Crippen LogP contribution in [0.25, 0.3) is 0 Å². The molecule has 0 heterocycles. The molecule has 1 saturated carbocycles. The molecule has 0 atom stereocenters. The highest BCUT2D eigenvalue weighted by atomic mass is 35.5. The Morgan fingerprint density at radius 2 is 2.05 bits per heavy atom. The zero-order valence-corrected chi connectivity index (χ0v) is 12.3. The number of nitrogens with zero attached hydrogens (tertiary/aromatic N) is 1. The summed E-state index contributed by atoms with van der Waals surface area (Å²) in [5.74, 6) is -0.604. The molecule has 3 rings (SSSR count). The summed E-state index contributed by atoms with van der Waals surface area (Å²) in [6.45, 7) is 0. The maximum Gasteiger partial charge on any atom is 0.252 e. The third-order valence-electron chi connectivity index (χ3n) is 3.83. The van der Waals surface area contributed by atoms with Crippen molar-refractivity contribution in [1.82, 2.24) is 5.32 Å². The highest BCUT2D eigenvalue weighted by Gasteiger charge is 2.45. The van der Waals surface area contributed by atoms with E-state index in [1.54, 1.807) is 12.1 Å². The Hall–Kier alpha value is -2.38. The van der Waals surface area contributed by atoms with E-state index >= 15 is 0 Å². The number of halogens is 2. The van der Waals surface area contributed by atoms with Crippen LogP contribution in [0.2, 0.25) is 5.02 Å². The Morgan fingerprint density at radius 1 is 1.27 bits per heavy atom. The molecule has 1 amide bonds. The van der Waals surface area contributed by atoms with Crippen molar-refractivity contribution >= 4 is 17.5 Å². The van der Waals surface area contributed by atoms with E-state index in [9.17, 15) is 9.18 Å². The van der Waals surface area contributed by atoms with E-state index in [2.05, 4.69) is 5.32 Å². The number of nitrogens with one attached hydrogen (secondary N) is 1. The lowest BCUT2D eigenvalue weighted by Crippen LogP contribution is -2.34. The number of amides is 1. The van der Waals surface area contributed by atoms with Gasteiger partial charge >= 0.3 is 0 Å². The largest absolute Gasteiger partial charge is 0.343 e. The summed E-state index contributed by atoms with van der Waals surface area (Å²) in [4.78, 5) is 12.4. The number of hydrogen-bond donors (Lipinski definition) is 1. The van der Waals surface area contributed by atoms with Crippen LogP contribution in [0.15, 0.2) is 42.5 Å². The maximum absolute atomic E-state index is 13.4. The number of nitriles is 1. The van der Waals surface area contributed by atoms with Gasteiger partial charge in [-0.3, -0.25) is 4.79 Å². The minimum absolute atomic E-state index is 0.241. The van der Waals surface area contributed by atoms with Gasteiger partial charge in [0.2, 0.25) is 0 Å². The van der Waals surface area contributed by atoms with E-state index in [0.717, 1.165) is 18.4 Å². The lowest BCUT2D eigenvalue weighted by atomic mass is 10.0. The lowest BCUT2D eigenvalue weighted by molar-refractivity contribution is 0.0930. The molecule has 2 aromatic rings. The average Bonchev–Trinajstić information content (AvgIpc) is 3.28. The van der Waals surface area contributed by atoms with Gasteiger partial charge < -0.3 is 5.32 Å². The van der Waals surface area contributed by atoms with Crippen molar-refractivity contribution in [3.63, 3.8) is 0 Å². The van der Waals surface area contributed by atoms with E-state index in [-0.39, 0.29) is 16.7 Å². The topological polar surface area (TPSA) is 52.9 Å². The van der Waals surface area contributed by atoms with Gasteiger partial charge in [-0.1, -0.05) is 23.7 Å². The molecule has 1 aliphatic rings. The summed E-state index contributed by atoms with van der Waals surface area (Å²) < 4.78 is 13.4. The molecule has 1 aliphatic carbocycles. The zero-order chi connectivity index (χ0) is 15.7. The minimum Gasteiger partial charge on any atom is -0.343 e. The highest BCUT2D eigenvalue weighted by Crippen LogP contribution is 2.45. The fraction of sp³-hybridized carbons (Fsp3) is 0.176. The number of carbonyl (C=O) groups is 1. The third-order valence-corrected chi connectivity index (χ3v) is 4.14. The van der Waals surface area contributed by atoms with Crippen molar-refractivity contribution in [3.8, 4) is 6.07 Å². The van der Waals surface area contributed by atoms with Crippen molar-refractivity contribution in [2.45, 2.75) is 18.4 Å². The van der Waals surface area contributed by atoms with E-state index in [1.807, 2.05) is 12.1 Å². The summed E-state index contributed by atoms with van der Waals surface area (Å²) in [7, 11) is 0. The van der Waals surface area contributed by atoms with Crippen LogP contribution in [0, 0.1) is 17.1 Å². The van der Waals surface area contributed by atoms with E-state index in [1.165, 1.54) is 24.3 Å². The number of hydrogen-bond acceptors (Lipinski definition) is 2. The smallest absolute Gasteiger partial charge is 0.252 e. The summed E-state index contributed by atoms with van der Waals surface area (Å²) in [5.41, 5.74) is 0.969. The van der Waals surface area contributed by atoms with E-state index in [0.29, 0.717) is 11.1 Å². The first-order valence-electron chi connectivity index (χ1n) is 6.82. The van der Waals surface area contributed by atoms with Gasteiger partial charge in [0, 0.05) is 5.56 Å². The molecule has 2 aromatic carbocycles. The standard InChI is InChI=1S/C17H12ClFN2O/c18-15-8-11(4-5-12(15)10-20)16(22)21-17(6-7-17)13-2-1-3-14(19)9-13/h1-5,8-9H,6-7H2,(H,21,22). The van der Waals surface area contributed by atoms with E-state index < -0.39 is 5.54 Å². The van der Waals surface area contributed by atoms with Gasteiger partial charge in [0.15, 0.2) is 0 Å². The molecule has 0 bridgehead atoms. The molecule has 3 nitrogen and oxygen atoms in total. The first-order chi connectivity index (χ1) is 10.5. The Morgan fingerprint density at radius 3 is 2.64 bits per heavy atom. The molecule has 5 heteroatoms. The number of carbonyl (C=O) groups excluding carboxylic acids is 1. The highest BCUT2D eigenvalue weighted by molar-refractivity contribution is 6.32. The van der Waals surface area contributed by atoms with E-state index in [4.69, 9.17) is 16.9 Å². The van der Waals surface area contributed by atoms with Crippen molar-refractivity contribution in [2.75, 3.05) is 0 Å². The normalized spacial score (nSPS) is 15.0. The van der Waals surface area contributed by atoms with Crippen LogP contribution in [-0.4, -0.2) is 5.91 Å². The fourth-order valence-electron chi connectivity index (χ4n) is 2.43. The molecule has 0 aliphatic heterocycles. The van der Waals surface area contributed by atoms with Crippen molar-refractivity contribution in [1.29, 1.82) is 5.26 Å². The van der Waals surface area contributed by atoms with Gasteiger partial charge in [-0.2, -0.15) is 5.26 Å². The molecule has 22 heavy (non-hydrogen) atoms. The third kappa shape index (κ3) is 2.68. The monoisotopic (exact) mass is 314 g/mol. The van der Waals surface area contributed by atoms with Crippen LogP contribution in [0.3, 0.4) is 0 Å². The van der Waals surface area contributed by atoms with Crippen LogP contribution in [0.4, 0.5) is 4.39 Å². The van der Waals surface area contributed by atoms with Crippen LogP contribution >= 0.6 is 11.6 Å². The maximum atomic E-state index is 13.4. The molecule has 110 valence electrons. The first-order valence-corrected chi connectivity index (χ1v) is 7.20. The molecule has 0 unspecified atom stereocenters. The predicted octanol–water partition coefficient (Wildman–Crippen LogP) is 3.77. The second kappa shape index (κ2) is 5.43. The molecule has 0 aromatic heterocycles.